The van der Waals surface area contributed by atoms with Gasteiger partial charge in [-0.3, -0.25) is 9.10 Å². The van der Waals surface area contributed by atoms with E-state index in [4.69, 9.17) is 5.11 Å². The molecule has 1 heterocycles. The number of aryl methyl sites for hydroxylation is 1. The standard InChI is InChI=1S/C14H15NO4S2/c1-10-5-3-4-6-12(10)15(2)21(18,19)14-8-7-11(20-14)9-13(16)17/h3-8H,9H2,1-2H3,(H,16,17). The monoisotopic (exact) mass is 325 g/mol. The van der Waals surface area contributed by atoms with Crippen molar-refractivity contribution >= 4 is 33.0 Å². The number of aliphatic carboxylic acids is 1. The Morgan fingerprint density at radius 2 is 1.90 bits per heavy atom. The van der Waals surface area contributed by atoms with Crippen LogP contribution in [0.1, 0.15) is 10.4 Å². The fourth-order valence-electron chi connectivity index (χ4n) is 1.92. The van der Waals surface area contributed by atoms with E-state index in [2.05, 4.69) is 0 Å². The minimum atomic E-state index is -3.67. The predicted molar refractivity (Wildman–Crippen MR) is 82.4 cm³/mol. The molecule has 1 aromatic carbocycles. The summed E-state index contributed by atoms with van der Waals surface area (Å²) in [7, 11) is -2.18. The molecule has 0 saturated carbocycles. The highest BCUT2D eigenvalue weighted by Gasteiger charge is 2.24. The van der Waals surface area contributed by atoms with Gasteiger partial charge in [-0.25, -0.2) is 8.42 Å². The van der Waals surface area contributed by atoms with Crippen LogP contribution in [0.5, 0.6) is 0 Å². The van der Waals surface area contributed by atoms with E-state index >= 15 is 0 Å². The molecule has 5 nitrogen and oxygen atoms in total. The lowest BCUT2D eigenvalue weighted by molar-refractivity contribution is -0.136. The van der Waals surface area contributed by atoms with Crippen LogP contribution in [0.15, 0.2) is 40.6 Å². The summed E-state index contributed by atoms with van der Waals surface area (Å²) in [5.74, 6) is -0.979. The molecule has 7 heteroatoms. The lowest BCUT2D eigenvalue weighted by Gasteiger charge is -2.20. The van der Waals surface area contributed by atoms with Gasteiger partial charge in [0.1, 0.15) is 4.21 Å². The van der Waals surface area contributed by atoms with Gasteiger partial charge in [0.05, 0.1) is 12.1 Å². The molecule has 0 radical (unpaired) electrons. The number of carbonyl (C=O) groups is 1. The molecule has 0 unspecified atom stereocenters. The highest BCUT2D eigenvalue weighted by molar-refractivity contribution is 7.94. The molecule has 2 rings (SSSR count). The van der Waals surface area contributed by atoms with Crippen LogP contribution in [-0.2, 0) is 21.2 Å². The molecule has 21 heavy (non-hydrogen) atoms. The number of hydrogen-bond donors (Lipinski definition) is 1. The molecule has 0 aliphatic rings. The maximum Gasteiger partial charge on any atom is 0.308 e. The maximum absolute atomic E-state index is 12.6. The number of benzene rings is 1. The number of carboxylic acids is 1. The van der Waals surface area contributed by atoms with Crippen LogP contribution in [0.3, 0.4) is 0 Å². The number of sulfonamides is 1. The summed E-state index contributed by atoms with van der Waals surface area (Å²) in [6.45, 7) is 1.84. The summed E-state index contributed by atoms with van der Waals surface area (Å²) in [6.07, 6.45) is -0.172. The van der Waals surface area contributed by atoms with Crippen molar-refractivity contribution in [2.45, 2.75) is 17.6 Å². The SMILES string of the molecule is Cc1ccccc1N(C)S(=O)(=O)c1ccc(CC(=O)O)s1. The fraction of sp³-hybridized carbons (Fsp3) is 0.214. The molecule has 0 fully saturated rings. The van der Waals surface area contributed by atoms with Gasteiger partial charge >= 0.3 is 5.97 Å². The average molecular weight is 325 g/mol. The third kappa shape index (κ3) is 3.25. The summed E-state index contributed by atoms with van der Waals surface area (Å²) in [5.41, 5.74) is 1.46. The van der Waals surface area contributed by atoms with Gasteiger partial charge in [0.15, 0.2) is 0 Å². The summed E-state index contributed by atoms with van der Waals surface area (Å²) < 4.78 is 26.5. The smallest absolute Gasteiger partial charge is 0.308 e. The molecule has 0 atom stereocenters. The Kier molecular flexibility index (Phi) is 4.34. The Bertz CT molecular complexity index is 765. The summed E-state index contributed by atoms with van der Waals surface area (Å²) in [6, 6.07) is 10.2. The molecule has 112 valence electrons. The molecule has 2 aromatic rings. The zero-order chi connectivity index (χ0) is 15.6. The van der Waals surface area contributed by atoms with Crippen LogP contribution in [0.25, 0.3) is 0 Å². The number of carboxylic acid groups (broad SMARTS) is 1. The van der Waals surface area contributed by atoms with E-state index in [1.54, 1.807) is 12.1 Å². The van der Waals surface area contributed by atoms with Gasteiger partial charge < -0.3 is 5.11 Å². The molecule has 0 amide bonds. The van der Waals surface area contributed by atoms with Crippen molar-refractivity contribution in [3.63, 3.8) is 0 Å². The van der Waals surface area contributed by atoms with Crippen LogP contribution < -0.4 is 4.31 Å². The minimum absolute atomic E-state index is 0.143. The van der Waals surface area contributed by atoms with Crippen molar-refractivity contribution in [1.82, 2.24) is 0 Å². The molecule has 0 spiro atoms. The van der Waals surface area contributed by atoms with Gasteiger partial charge in [0, 0.05) is 11.9 Å². The van der Waals surface area contributed by atoms with Crippen molar-refractivity contribution in [3.05, 3.63) is 46.8 Å². The highest BCUT2D eigenvalue weighted by atomic mass is 32.2. The van der Waals surface area contributed by atoms with Crippen LogP contribution in [0.2, 0.25) is 0 Å². The van der Waals surface area contributed by atoms with Crippen LogP contribution in [0, 0.1) is 6.92 Å². The number of rotatable bonds is 5. The Hall–Kier alpha value is -1.86. The molecular weight excluding hydrogens is 310 g/mol. The lowest BCUT2D eigenvalue weighted by Crippen LogP contribution is -2.26. The zero-order valence-corrected chi connectivity index (χ0v) is 13.2. The number of nitrogens with zero attached hydrogens (tertiary/aromatic N) is 1. The van der Waals surface area contributed by atoms with Crippen molar-refractivity contribution in [3.8, 4) is 0 Å². The number of hydrogen-bond acceptors (Lipinski definition) is 4. The number of para-hydroxylation sites is 1. The average Bonchev–Trinajstić information content (AvgIpc) is 2.87. The minimum Gasteiger partial charge on any atom is -0.481 e. The van der Waals surface area contributed by atoms with E-state index in [1.165, 1.54) is 23.5 Å². The second-order valence-electron chi connectivity index (χ2n) is 4.55. The Labute approximate surface area is 127 Å². The molecule has 0 aliphatic heterocycles. The first-order valence-corrected chi connectivity index (χ1v) is 8.43. The Morgan fingerprint density at radius 3 is 2.52 bits per heavy atom. The Morgan fingerprint density at radius 1 is 1.24 bits per heavy atom. The molecule has 0 saturated heterocycles. The Balaban J connectivity index is 2.36. The maximum atomic E-state index is 12.6. The van der Waals surface area contributed by atoms with Crippen molar-refractivity contribution in [1.29, 1.82) is 0 Å². The van der Waals surface area contributed by atoms with E-state index in [-0.39, 0.29) is 10.6 Å². The van der Waals surface area contributed by atoms with Gasteiger partial charge in [-0.1, -0.05) is 18.2 Å². The second kappa shape index (κ2) is 5.87. The second-order valence-corrected chi connectivity index (χ2v) is 7.91. The summed E-state index contributed by atoms with van der Waals surface area (Å²) >= 11 is 0.987. The molecule has 1 N–H and O–H groups in total. The van der Waals surface area contributed by atoms with Crippen LogP contribution >= 0.6 is 11.3 Å². The fourth-order valence-corrected chi connectivity index (χ4v) is 4.70. The molecule has 0 bridgehead atoms. The molecular formula is C14H15NO4S2. The first-order valence-electron chi connectivity index (χ1n) is 6.17. The van der Waals surface area contributed by atoms with Crippen molar-refractivity contribution in [2.24, 2.45) is 0 Å². The van der Waals surface area contributed by atoms with Crippen molar-refractivity contribution in [2.75, 3.05) is 11.4 Å². The van der Waals surface area contributed by atoms with Gasteiger partial charge in [-0.05, 0) is 30.7 Å². The normalized spacial score (nSPS) is 11.3. The van der Waals surface area contributed by atoms with Gasteiger partial charge in [-0.15, -0.1) is 11.3 Å². The topological polar surface area (TPSA) is 74.7 Å². The summed E-state index contributed by atoms with van der Waals surface area (Å²) in [4.78, 5) is 11.2. The zero-order valence-electron chi connectivity index (χ0n) is 11.6. The first-order chi connectivity index (χ1) is 9.82. The van der Waals surface area contributed by atoms with Gasteiger partial charge in [0.25, 0.3) is 10.0 Å². The highest BCUT2D eigenvalue weighted by Crippen LogP contribution is 2.29. The van der Waals surface area contributed by atoms with E-state index in [0.29, 0.717) is 10.6 Å². The van der Waals surface area contributed by atoms with Gasteiger partial charge in [-0.2, -0.15) is 0 Å². The molecule has 1 aromatic heterocycles. The van der Waals surface area contributed by atoms with E-state index in [0.717, 1.165) is 16.9 Å². The van der Waals surface area contributed by atoms with Crippen LogP contribution in [-0.4, -0.2) is 26.5 Å². The lowest BCUT2D eigenvalue weighted by atomic mass is 10.2. The largest absolute Gasteiger partial charge is 0.481 e. The first kappa shape index (κ1) is 15.5. The molecule has 0 aliphatic carbocycles. The van der Waals surface area contributed by atoms with E-state index in [9.17, 15) is 13.2 Å². The van der Waals surface area contributed by atoms with Gasteiger partial charge in [0.2, 0.25) is 0 Å². The van der Waals surface area contributed by atoms with Crippen LogP contribution in [0.4, 0.5) is 5.69 Å². The third-order valence-electron chi connectivity index (χ3n) is 3.03. The quantitative estimate of drug-likeness (QED) is 0.916. The number of thiophene rings is 1. The van der Waals surface area contributed by atoms with E-state index < -0.39 is 16.0 Å². The summed E-state index contributed by atoms with van der Waals surface area (Å²) in [5, 5.41) is 8.75. The predicted octanol–water partition coefficient (Wildman–Crippen LogP) is 2.51. The van der Waals surface area contributed by atoms with Crippen molar-refractivity contribution < 1.29 is 18.3 Å². The third-order valence-corrected chi connectivity index (χ3v) is 6.36. The number of anilines is 1. The van der Waals surface area contributed by atoms with E-state index in [1.807, 2.05) is 19.1 Å².